The first-order valence-corrected chi connectivity index (χ1v) is 8.22. The molecule has 2 aromatic rings. The largest absolute Gasteiger partial charge is 0.508 e. The Hall–Kier alpha value is -2.04. The van der Waals surface area contributed by atoms with Crippen LogP contribution in [0.1, 0.15) is 11.1 Å². The normalized spacial score (nSPS) is 10.6. The summed E-state index contributed by atoms with van der Waals surface area (Å²) in [5, 5.41) is 18.0. The van der Waals surface area contributed by atoms with Crippen LogP contribution in [0.5, 0.6) is 11.5 Å². The van der Waals surface area contributed by atoms with Gasteiger partial charge in [0.25, 0.3) is 0 Å². The highest BCUT2D eigenvalue weighted by Crippen LogP contribution is 2.10. The van der Waals surface area contributed by atoms with Crippen LogP contribution in [0.2, 0.25) is 0 Å². The minimum atomic E-state index is 0.337. The molecule has 2 N–H and O–H groups in total. The fraction of sp³-hybridized carbons (Fsp3) is 0.400. The summed E-state index contributed by atoms with van der Waals surface area (Å²) < 4.78 is 0. The highest BCUT2D eigenvalue weighted by Gasteiger charge is 1.95. The van der Waals surface area contributed by atoms with Crippen molar-refractivity contribution in [2.75, 3.05) is 41.3 Å². The maximum atomic E-state index is 9.02. The highest BCUT2D eigenvalue weighted by molar-refractivity contribution is 5.26. The quantitative estimate of drug-likeness (QED) is 0.855. The van der Waals surface area contributed by atoms with Crippen LogP contribution >= 0.6 is 0 Å². The molecule has 0 aliphatic rings. The molecule has 0 aliphatic carbocycles. The number of hydrogen-bond acceptors (Lipinski definition) is 4. The second-order valence-electron chi connectivity index (χ2n) is 6.44. The molecule has 4 nitrogen and oxygen atoms in total. The van der Waals surface area contributed by atoms with Gasteiger partial charge in [-0.05, 0) is 76.4 Å². The Bertz CT molecular complexity index is 510. The van der Waals surface area contributed by atoms with Crippen LogP contribution in [0.25, 0.3) is 0 Å². The second-order valence-corrected chi connectivity index (χ2v) is 6.44. The Morgan fingerprint density at radius 1 is 0.583 bits per heavy atom. The third kappa shape index (κ3) is 9.18. The van der Waals surface area contributed by atoms with Crippen molar-refractivity contribution in [3.05, 3.63) is 59.7 Å². The first-order chi connectivity index (χ1) is 11.4. The first-order valence-electron chi connectivity index (χ1n) is 8.22. The van der Waals surface area contributed by atoms with Gasteiger partial charge in [0.15, 0.2) is 0 Å². The SMILES string of the molecule is CN(C)CCc1ccc(O)cc1.CN(C)CCc1ccc(O)cc1. The third-order valence-corrected chi connectivity index (χ3v) is 3.57. The molecule has 0 atom stereocenters. The van der Waals surface area contributed by atoms with Crippen molar-refractivity contribution in [1.29, 1.82) is 0 Å². The third-order valence-electron chi connectivity index (χ3n) is 3.57. The molecule has 2 aromatic carbocycles. The topological polar surface area (TPSA) is 46.9 Å². The fourth-order valence-electron chi connectivity index (χ4n) is 2.03. The van der Waals surface area contributed by atoms with E-state index in [4.69, 9.17) is 10.2 Å². The molecule has 0 radical (unpaired) electrons. The summed E-state index contributed by atoms with van der Waals surface area (Å²) in [7, 11) is 8.22. The monoisotopic (exact) mass is 330 g/mol. The van der Waals surface area contributed by atoms with E-state index in [1.807, 2.05) is 24.3 Å². The lowest BCUT2D eigenvalue weighted by atomic mass is 10.1. The van der Waals surface area contributed by atoms with E-state index in [1.54, 1.807) is 24.3 Å². The molecule has 132 valence electrons. The standard InChI is InChI=1S/2C10H15NO/c2*1-11(2)8-7-9-3-5-10(12)6-4-9/h2*3-6,12H,7-8H2,1-2H3. The molecule has 24 heavy (non-hydrogen) atoms. The number of aromatic hydroxyl groups is 2. The number of likely N-dealkylation sites (N-methyl/N-ethyl adjacent to an activating group) is 2. The van der Waals surface area contributed by atoms with E-state index >= 15 is 0 Å². The number of phenolic OH excluding ortho intramolecular Hbond substituents is 2. The molecule has 0 aliphatic heterocycles. The molecule has 0 saturated carbocycles. The van der Waals surface area contributed by atoms with E-state index in [9.17, 15) is 0 Å². The van der Waals surface area contributed by atoms with Crippen LogP contribution < -0.4 is 0 Å². The Morgan fingerprint density at radius 3 is 1.12 bits per heavy atom. The summed E-state index contributed by atoms with van der Waals surface area (Å²) in [5.41, 5.74) is 2.53. The van der Waals surface area contributed by atoms with Gasteiger partial charge in [-0.2, -0.15) is 0 Å². The molecule has 0 aromatic heterocycles. The molecule has 0 spiro atoms. The van der Waals surface area contributed by atoms with Gasteiger partial charge in [0.05, 0.1) is 0 Å². The Morgan fingerprint density at radius 2 is 0.875 bits per heavy atom. The number of nitrogens with zero attached hydrogens (tertiary/aromatic N) is 2. The Balaban J connectivity index is 0.000000240. The van der Waals surface area contributed by atoms with Crippen molar-refractivity contribution < 1.29 is 10.2 Å². The van der Waals surface area contributed by atoms with Gasteiger partial charge in [0.2, 0.25) is 0 Å². The molecule has 0 bridgehead atoms. The van der Waals surface area contributed by atoms with Crippen molar-refractivity contribution in [3.8, 4) is 11.5 Å². The first kappa shape index (κ1) is 20.0. The maximum absolute atomic E-state index is 9.02. The molecular weight excluding hydrogens is 300 g/mol. The number of hydrogen-bond donors (Lipinski definition) is 2. The van der Waals surface area contributed by atoms with E-state index in [-0.39, 0.29) is 0 Å². The van der Waals surface area contributed by atoms with E-state index in [2.05, 4.69) is 38.0 Å². The Kier molecular flexibility index (Phi) is 8.90. The average Bonchev–Trinajstić information content (AvgIpc) is 2.54. The summed E-state index contributed by atoms with van der Waals surface area (Å²) in [6.07, 6.45) is 2.07. The highest BCUT2D eigenvalue weighted by atomic mass is 16.3. The molecule has 4 heteroatoms. The predicted octanol–water partition coefficient (Wildman–Crippen LogP) is 2.99. The molecule has 0 heterocycles. The minimum absolute atomic E-state index is 0.337. The van der Waals surface area contributed by atoms with E-state index in [1.165, 1.54) is 11.1 Å². The molecular formula is C20H30N2O2. The summed E-state index contributed by atoms with van der Waals surface area (Å²) in [4.78, 5) is 4.29. The fourth-order valence-corrected chi connectivity index (χ4v) is 2.03. The van der Waals surface area contributed by atoms with E-state index in [0.29, 0.717) is 11.5 Å². The average molecular weight is 330 g/mol. The smallest absolute Gasteiger partial charge is 0.115 e. The van der Waals surface area contributed by atoms with Gasteiger partial charge >= 0.3 is 0 Å². The van der Waals surface area contributed by atoms with Crippen LogP contribution in [-0.2, 0) is 12.8 Å². The van der Waals surface area contributed by atoms with Crippen LogP contribution in [0.15, 0.2) is 48.5 Å². The van der Waals surface area contributed by atoms with Crippen LogP contribution in [0.3, 0.4) is 0 Å². The summed E-state index contributed by atoms with van der Waals surface area (Å²) in [6, 6.07) is 14.7. The zero-order valence-corrected chi connectivity index (χ0v) is 15.2. The number of benzene rings is 2. The summed E-state index contributed by atoms with van der Waals surface area (Å²) in [6.45, 7) is 2.09. The number of phenols is 2. The van der Waals surface area contributed by atoms with Gasteiger partial charge in [-0.15, -0.1) is 0 Å². The Labute approximate surface area is 146 Å². The van der Waals surface area contributed by atoms with Crippen molar-refractivity contribution >= 4 is 0 Å². The van der Waals surface area contributed by atoms with Crippen molar-refractivity contribution in [3.63, 3.8) is 0 Å². The van der Waals surface area contributed by atoms with Crippen molar-refractivity contribution in [1.82, 2.24) is 9.80 Å². The predicted molar refractivity (Wildman–Crippen MR) is 101 cm³/mol. The molecule has 0 amide bonds. The van der Waals surface area contributed by atoms with Gasteiger partial charge in [-0.3, -0.25) is 0 Å². The second kappa shape index (κ2) is 10.7. The zero-order valence-electron chi connectivity index (χ0n) is 15.2. The van der Waals surface area contributed by atoms with Crippen LogP contribution in [-0.4, -0.2) is 61.3 Å². The number of rotatable bonds is 6. The molecule has 0 fully saturated rings. The van der Waals surface area contributed by atoms with Gasteiger partial charge in [0.1, 0.15) is 11.5 Å². The van der Waals surface area contributed by atoms with E-state index in [0.717, 1.165) is 25.9 Å². The van der Waals surface area contributed by atoms with Crippen LogP contribution in [0, 0.1) is 0 Å². The molecule has 0 unspecified atom stereocenters. The van der Waals surface area contributed by atoms with Gasteiger partial charge < -0.3 is 20.0 Å². The summed E-state index contributed by atoms with van der Waals surface area (Å²) >= 11 is 0. The molecule has 2 rings (SSSR count). The minimum Gasteiger partial charge on any atom is -0.508 e. The van der Waals surface area contributed by atoms with Gasteiger partial charge in [-0.1, -0.05) is 24.3 Å². The van der Waals surface area contributed by atoms with E-state index < -0.39 is 0 Å². The zero-order chi connectivity index (χ0) is 17.9. The van der Waals surface area contributed by atoms with Crippen molar-refractivity contribution in [2.24, 2.45) is 0 Å². The van der Waals surface area contributed by atoms with Gasteiger partial charge in [0, 0.05) is 13.1 Å². The van der Waals surface area contributed by atoms with Crippen LogP contribution in [0.4, 0.5) is 0 Å². The summed E-state index contributed by atoms with van der Waals surface area (Å²) in [5.74, 6) is 0.673. The lowest BCUT2D eigenvalue weighted by Crippen LogP contribution is -2.14. The lowest BCUT2D eigenvalue weighted by molar-refractivity contribution is 0.413. The van der Waals surface area contributed by atoms with Crippen molar-refractivity contribution in [2.45, 2.75) is 12.8 Å². The maximum Gasteiger partial charge on any atom is 0.115 e. The van der Waals surface area contributed by atoms with Gasteiger partial charge in [-0.25, -0.2) is 0 Å². The molecule has 0 saturated heterocycles. The lowest BCUT2D eigenvalue weighted by Gasteiger charge is -2.08.